The fourth-order valence-corrected chi connectivity index (χ4v) is 2.39. The van der Waals surface area contributed by atoms with Crippen LogP contribution in [-0.2, 0) is 10.3 Å². The van der Waals surface area contributed by atoms with Crippen LogP contribution in [0.5, 0.6) is 0 Å². The molecule has 0 aliphatic heterocycles. The Hall–Kier alpha value is -2.66. The van der Waals surface area contributed by atoms with Crippen LogP contribution in [0.2, 0.25) is 0 Å². The molecule has 0 aliphatic carbocycles. The monoisotopic (exact) mass is 312 g/mol. The summed E-state index contributed by atoms with van der Waals surface area (Å²) in [5.74, 6) is -0.769. The topological polar surface area (TPSA) is 81.4 Å². The maximum atomic E-state index is 12.5. The number of hydrogen-bond donors (Lipinski definition) is 2. The second-order valence-corrected chi connectivity index (χ2v) is 5.53. The van der Waals surface area contributed by atoms with Crippen LogP contribution in [-0.4, -0.2) is 25.5 Å². The van der Waals surface area contributed by atoms with E-state index in [9.17, 15) is 9.59 Å². The predicted molar refractivity (Wildman–Crippen MR) is 88.1 cm³/mol. The van der Waals surface area contributed by atoms with Crippen molar-refractivity contribution in [2.45, 2.75) is 12.5 Å². The lowest BCUT2D eigenvalue weighted by molar-refractivity contribution is 0.0785. The van der Waals surface area contributed by atoms with Crippen LogP contribution in [0.15, 0.2) is 54.6 Å². The highest BCUT2D eigenvalue weighted by molar-refractivity contribution is 5.97. The number of ether oxygens (including phenoxy) is 1. The van der Waals surface area contributed by atoms with Gasteiger partial charge in [-0.05, 0) is 36.8 Å². The SMILES string of the molecule is COC[C@@](C)(NC(=O)c1ccc(C(N)=O)cc1)c1ccccc1. The Morgan fingerprint density at radius 2 is 1.61 bits per heavy atom. The molecule has 0 aliphatic rings. The summed E-state index contributed by atoms with van der Waals surface area (Å²) in [6, 6.07) is 15.8. The lowest BCUT2D eigenvalue weighted by Crippen LogP contribution is -2.46. The Labute approximate surface area is 135 Å². The number of rotatable bonds is 6. The largest absolute Gasteiger partial charge is 0.382 e. The van der Waals surface area contributed by atoms with Crippen molar-refractivity contribution in [3.8, 4) is 0 Å². The lowest BCUT2D eigenvalue weighted by Gasteiger charge is -2.30. The zero-order chi connectivity index (χ0) is 16.9. The molecule has 0 radical (unpaired) electrons. The van der Waals surface area contributed by atoms with Crippen LogP contribution in [0.3, 0.4) is 0 Å². The Morgan fingerprint density at radius 3 is 2.13 bits per heavy atom. The van der Waals surface area contributed by atoms with E-state index in [2.05, 4.69) is 5.32 Å². The Bertz CT molecular complexity index is 683. The molecular weight excluding hydrogens is 292 g/mol. The molecule has 2 amide bonds. The highest BCUT2D eigenvalue weighted by Gasteiger charge is 2.29. The molecule has 23 heavy (non-hydrogen) atoms. The van der Waals surface area contributed by atoms with Gasteiger partial charge in [0.25, 0.3) is 5.91 Å². The van der Waals surface area contributed by atoms with E-state index in [1.165, 1.54) is 12.1 Å². The van der Waals surface area contributed by atoms with Crippen LogP contribution in [0.4, 0.5) is 0 Å². The lowest BCUT2D eigenvalue weighted by atomic mass is 9.92. The van der Waals surface area contributed by atoms with Crippen molar-refractivity contribution < 1.29 is 14.3 Å². The summed E-state index contributed by atoms with van der Waals surface area (Å²) in [5, 5.41) is 3.00. The van der Waals surface area contributed by atoms with E-state index in [0.29, 0.717) is 17.7 Å². The van der Waals surface area contributed by atoms with Gasteiger partial charge in [-0.1, -0.05) is 30.3 Å². The maximum absolute atomic E-state index is 12.5. The molecule has 120 valence electrons. The third-order valence-corrected chi connectivity index (χ3v) is 3.66. The number of nitrogens with two attached hydrogens (primary N) is 1. The Balaban J connectivity index is 2.22. The van der Waals surface area contributed by atoms with Crippen LogP contribution >= 0.6 is 0 Å². The van der Waals surface area contributed by atoms with Gasteiger partial charge < -0.3 is 15.8 Å². The van der Waals surface area contributed by atoms with Gasteiger partial charge in [0.2, 0.25) is 5.91 Å². The molecule has 1 atom stereocenters. The fraction of sp³-hybridized carbons (Fsp3) is 0.222. The second-order valence-electron chi connectivity index (χ2n) is 5.53. The van der Waals surface area contributed by atoms with Crippen molar-refractivity contribution in [1.29, 1.82) is 0 Å². The number of methoxy groups -OCH3 is 1. The van der Waals surface area contributed by atoms with Crippen molar-refractivity contribution in [2.75, 3.05) is 13.7 Å². The molecule has 3 N–H and O–H groups in total. The van der Waals surface area contributed by atoms with Gasteiger partial charge in [0, 0.05) is 18.2 Å². The summed E-state index contributed by atoms with van der Waals surface area (Å²) >= 11 is 0. The quantitative estimate of drug-likeness (QED) is 0.857. The number of carbonyl (C=O) groups is 2. The van der Waals surface area contributed by atoms with Gasteiger partial charge in [0.15, 0.2) is 0 Å². The predicted octanol–water partition coefficient (Wildman–Crippen LogP) is 2.08. The molecular formula is C18H20N2O3. The van der Waals surface area contributed by atoms with Crippen LogP contribution in [0.25, 0.3) is 0 Å². The minimum absolute atomic E-state index is 0.246. The molecule has 2 aromatic rings. The highest BCUT2D eigenvalue weighted by atomic mass is 16.5. The smallest absolute Gasteiger partial charge is 0.252 e. The molecule has 0 saturated carbocycles. The second kappa shape index (κ2) is 7.07. The van der Waals surface area contributed by atoms with Gasteiger partial charge in [-0.3, -0.25) is 9.59 Å². The van der Waals surface area contributed by atoms with Crippen molar-refractivity contribution in [3.05, 3.63) is 71.3 Å². The molecule has 0 saturated heterocycles. The van der Waals surface area contributed by atoms with E-state index in [4.69, 9.17) is 10.5 Å². The van der Waals surface area contributed by atoms with Crippen LogP contribution < -0.4 is 11.1 Å². The van der Waals surface area contributed by atoms with Crippen molar-refractivity contribution >= 4 is 11.8 Å². The molecule has 0 heterocycles. The Morgan fingerprint density at radius 1 is 1.04 bits per heavy atom. The first-order valence-corrected chi connectivity index (χ1v) is 7.23. The molecule has 2 rings (SSSR count). The summed E-state index contributed by atoms with van der Waals surface area (Å²) in [4.78, 5) is 23.6. The van der Waals surface area contributed by atoms with Crippen LogP contribution in [0.1, 0.15) is 33.2 Å². The van der Waals surface area contributed by atoms with E-state index in [-0.39, 0.29) is 5.91 Å². The summed E-state index contributed by atoms with van der Waals surface area (Å²) < 4.78 is 5.27. The summed E-state index contributed by atoms with van der Waals surface area (Å²) in [6.45, 7) is 2.24. The molecule has 5 nitrogen and oxygen atoms in total. The zero-order valence-electron chi connectivity index (χ0n) is 13.2. The number of carbonyl (C=O) groups excluding carboxylic acids is 2. The highest BCUT2D eigenvalue weighted by Crippen LogP contribution is 2.21. The van der Waals surface area contributed by atoms with Gasteiger partial charge in [0.1, 0.15) is 0 Å². The maximum Gasteiger partial charge on any atom is 0.252 e. The molecule has 2 aromatic carbocycles. The fourth-order valence-electron chi connectivity index (χ4n) is 2.39. The van der Waals surface area contributed by atoms with E-state index in [1.54, 1.807) is 19.2 Å². The molecule has 5 heteroatoms. The van der Waals surface area contributed by atoms with Gasteiger partial charge >= 0.3 is 0 Å². The van der Waals surface area contributed by atoms with Crippen molar-refractivity contribution in [3.63, 3.8) is 0 Å². The van der Waals surface area contributed by atoms with Gasteiger partial charge in [-0.15, -0.1) is 0 Å². The first kappa shape index (κ1) is 16.7. The first-order chi connectivity index (χ1) is 11.0. The van der Waals surface area contributed by atoms with Crippen LogP contribution in [0, 0.1) is 0 Å². The Kier molecular flexibility index (Phi) is 5.13. The van der Waals surface area contributed by atoms with Gasteiger partial charge in [0.05, 0.1) is 12.1 Å². The van der Waals surface area contributed by atoms with Gasteiger partial charge in [-0.25, -0.2) is 0 Å². The normalized spacial score (nSPS) is 13.1. The average molecular weight is 312 g/mol. The zero-order valence-corrected chi connectivity index (χ0v) is 13.2. The van der Waals surface area contributed by atoms with Gasteiger partial charge in [-0.2, -0.15) is 0 Å². The van der Waals surface area contributed by atoms with E-state index >= 15 is 0 Å². The molecule has 0 spiro atoms. The minimum Gasteiger partial charge on any atom is -0.382 e. The number of hydrogen-bond acceptors (Lipinski definition) is 3. The molecule has 0 fully saturated rings. The first-order valence-electron chi connectivity index (χ1n) is 7.23. The van der Waals surface area contributed by atoms with E-state index < -0.39 is 11.4 Å². The molecule has 0 bridgehead atoms. The average Bonchev–Trinajstić information content (AvgIpc) is 2.56. The number of amides is 2. The minimum atomic E-state index is -0.657. The molecule has 0 aromatic heterocycles. The van der Waals surface area contributed by atoms with Crippen molar-refractivity contribution in [1.82, 2.24) is 5.32 Å². The van der Waals surface area contributed by atoms with Crippen molar-refractivity contribution in [2.24, 2.45) is 5.73 Å². The van der Waals surface area contributed by atoms with E-state index in [0.717, 1.165) is 5.56 Å². The summed E-state index contributed by atoms with van der Waals surface area (Å²) in [5.41, 5.74) is 6.31. The third-order valence-electron chi connectivity index (χ3n) is 3.66. The summed E-state index contributed by atoms with van der Waals surface area (Å²) in [7, 11) is 1.59. The standard InChI is InChI=1S/C18H20N2O3/c1-18(12-23-2,15-6-4-3-5-7-15)20-17(22)14-10-8-13(9-11-14)16(19)21/h3-11H,12H2,1-2H3,(H2,19,21)(H,20,22)/t18-/m1/s1. The molecule has 0 unspecified atom stereocenters. The third kappa shape index (κ3) is 3.96. The number of benzene rings is 2. The van der Waals surface area contributed by atoms with E-state index in [1.807, 2.05) is 37.3 Å². The number of primary amides is 1. The number of nitrogens with one attached hydrogen (secondary N) is 1. The summed E-state index contributed by atoms with van der Waals surface area (Å²) in [6.07, 6.45) is 0.